The second kappa shape index (κ2) is 6.85. The molecule has 1 spiro atoms. The third-order valence-corrected chi connectivity index (χ3v) is 6.18. The summed E-state index contributed by atoms with van der Waals surface area (Å²) in [5.41, 5.74) is 3.20. The minimum absolute atomic E-state index is 0.165. The van der Waals surface area contributed by atoms with Crippen molar-refractivity contribution in [1.82, 2.24) is 14.7 Å². The lowest BCUT2D eigenvalue weighted by atomic mass is 9.74. The van der Waals surface area contributed by atoms with Crippen LogP contribution in [0, 0.1) is 0 Å². The summed E-state index contributed by atoms with van der Waals surface area (Å²) in [6.07, 6.45) is 3.37. The summed E-state index contributed by atoms with van der Waals surface area (Å²) in [5.74, 6) is 0.235. The number of fused-ring (bicyclic) bond motifs is 2. The van der Waals surface area contributed by atoms with Gasteiger partial charge in [-0.3, -0.25) is 14.6 Å². The van der Waals surface area contributed by atoms with Crippen molar-refractivity contribution in [2.24, 2.45) is 0 Å². The molecular weight excluding hydrogens is 298 g/mol. The molecule has 2 aliphatic heterocycles. The maximum atomic E-state index is 12.4. The van der Waals surface area contributed by atoms with E-state index in [1.54, 1.807) is 0 Å². The first-order chi connectivity index (χ1) is 11.4. The van der Waals surface area contributed by atoms with Gasteiger partial charge in [0.05, 0.1) is 6.54 Å². The molecule has 24 heavy (non-hydrogen) atoms. The molecule has 2 heterocycles. The molecule has 0 bridgehead atoms. The molecule has 1 saturated heterocycles. The van der Waals surface area contributed by atoms with Crippen molar-refractivity contribution in [3.05, 3.63) is 35.4 Å². The third kappa shape index (κ3) is 3.09. The molecule has 0 atom stereocenters. The van der Waals surface area contributed by atoms with Crippen LogP contribution in [0.5, 0.6) is 0 Å². The average molecular weight is 329 g/mol. The number of carbonyl (C=O) groups excluding carboxylic acids is 1. The van der Waals surface area contributed by atoms with Gasteiger partial charge in [-0.15, -0.1) is 0 Å². The lowest BCUT2D eigenvalue weighted by Gasteiger charge is -2.51. The first kappa shape index (κ1) is 17.4. The van der Waals surface area contributed by atoms with Crippen LogP contribution >= 0.6 is 0 Å². The molecule has 3 rings (SSSR count). The summed E-state index contributed by atoms with van der Waals surface area (Å²) >= 11 is 0. The molecule has 132 valence electrons. The Bertz CT molecular complexity index is 590. The first-order valence-electron chi connectivity index (χ1n) is 9.22. The highest BCUT2D eigenvalue weighted by atomic mass is 16.2. The van der Waals surface area contributed by atoms with Crippen LogP contribution in [-0.2, 0) is 16.8 Å². The van der Waals surface area contributed by atoms with E-state index in [4.69, 9.17) is 0 Å². The van der Waals surface area contributed by atoms with Crippen LogP contribution in [-0.4, -0.2) is 66.9 Å². The number of hydrogen-bond donors (Lipinski definition) is 0. The number of benzene rings is 1. The van der Waals surface area contributed by atoms with Crippen LogP contribution in [0.4, 0.5) is 0 Å². The van der Waals surface area contributed by atoms with Crippen LogP contribution in [0.1, 0.15) is 37.8 Å². The average Bonchev–Trinajstić information content (AvgIpc) is 2.59. The summed E-state index contributed by atoms with van der Waals surface area (Å²) in [6, 6.07) is 9.21. The van der Waals surface area contributed by atoms with Gasteiger partial charge in [0.1, 0.15) is 0 Å². The molecular formula is C20H31N3O. The number of amides is 1. The standard InChI is InChI=1S/C20H31N3O/c1-16(2)22(4)19(24)15-23-13-10-20(11-14-23)18-8-6-5-7-17(18)9-12-21(20)3/h5-8,16H,9-15H2,1-4H3. The van der Waals surface area contributed by atoms with E-state index in [2.05, 4.69) is 55.0 Å². The minimum Gasteiger partial charge on any atom is -0.342 e. The largest absolute Gasteiger partial charge is 0.342 e. The molecule has 1 aromatic carbocycles. The quantitative estimate of drug-likeness (QED) is 0.851. The second-order valence-corrected chi connectivity index (χ2v) is 7.73. The van der Waals surface area contributed by atoms with Crippen LogP contribution in [0.25, 0.3) is 0 Å². The van der Waals surface area contributed by atoms with Crippen molar-refractivity contribution in [3.8, 4) is 0 Å². The van der Waals surface area contributed by atoms with Crippen LogP contribution < -0.4 is 0 Å². The van der Waals surface area contributed by atoms with Crippen molar-refractivity contribution in [2.75, 3.05) is 40.3 Å². The summed E-state index contributed by atoms with van der Waals surface area (Å²) in [4.78, 5) is 19.1. The molecule has 2 aliphatic rings. The second-order valence-electron chi connectivity index (χ2n) is 7.73. The Morgan fingerprint density at radius 2 is 1.88 bits per heavy atom. The van der Waals surface area contributed by atoms with Crippen LogP contribution in [0.15, 0.2) is 24.3 Å². The number of rotatable bonds is 3. The van der Waals surface area contributed by atoms with Gasteiger partial charge in [0.15, 0.2) is 0 Å². The number of carbonyl (C=O) groups is 1. The van der Waals surface area contributed by atoms with Gasteiger partial charge in [0, 0.05) is 38.3 Å². The normalized spacial score (nSPS) is 21.0. The zero-order valence-electron chi connectivity index (χ0n) is 15.6. The van der Waals surface area contributed by atoms with Crippen molar-refractivity contribution in [2.45, 2.75) is 44.7 Å². The van der Waals surface area contributed by atoms with Crippen molar-refractivity contribution in [3.63, 3.8) is 0 Å². The molecule has 1 aromatic rings. The zero-order valence-corrected chi connectivity index (χ0v) is 15.6. The number of nitrogens with zero attached hydrogens (tertiary/aromatic N) is 3. The van der Waals surface area contributed by atoms with E-state index in [1.165, 1.54) is 11.1 Å². The Balaban J connectivity index is 1.69. The lowest BCUT2D eigenvalue weighted by molar-refractivity contribution is -0.133. The van der Waals surface area contributed by atoms with Crippen LogP contribution in [0.2, 0.25) is 0 Å². The van der Waals surface area contributed by atoms with Gasteiger partial charge >= 0.3 is 0 Å². The molecule has 1 fully saturated rings. The van der Waals surface area contributed by atoms with E-state index in [1.807, 2.05) is 11.9 Å². The van der Waals surface area contributed by atoms with Crippen LogP contribution in [0.3, 0.4) is 0 Å². The Kier molecular flexibility index (Phi) is 4.97. The predicted octanol–water partition coefficient (Wildman–Crippen LogP) is 2.33. The molecule has 0 aliphatic carbocycles. The number of piperidine rings is 1. The molecule has 4 heteroatoms. The Morgan fingerprint density at radius 3 is 2.54 bits per heavy atom. The lowest BCUT2D eigenvalue weighted by Crippen LogP contribution is -2.55. The maximum Gasteiger partial charge on any atom is 0.236 e. The zero-order chi connectivity index (χ0) is 17.3. The first-order valence-corrected chi connectivity index (χ1v) is 9.22. The Labute approximate surface area is 146 Å². The summed E-state index contributed by atoms with van der Waals surface area (Å²) in [5, 5.41) is 0. The Morgan fingerprint density at radius 1 is 1.21 bits per heavy atom. The van der Waals surface area contributed by atoms with Gasteiger partial charge in [0.2, 0.25) is 5.91 Å². The van der Waals surface area contributed by atoms with Gasteiger partial charge in [-0.25, -0.2) is 0 Å². The highest BCUT2D eigenvalue weighted by Crippen LogP contribution is 2.42. The molecule has 0 aromatic heterocycles. The molecule has 1 amide bonds. The fraction of sp³-hybridized carbons (Fsp3) is 0.650. The van der Waals surface area contributed by atoms with Crippen molar-refractivity contribution in [1.29, 1.82) is 0 Å². The Hall–Kier alpha value is -1.39. The smallest absolute Gasteiger partial charge is 0.236 e. The number of likely N-dealkylation sites (tertiary alicyclic amines) is 1. The molecule has 4 nitrogen and oxygen atoms in total. The van der Waals surface area contributed by atoms with E-state index in [0.29, 0.717) is 6.54 Å². The number of hydrogen-bond acceptors (Lipinski definition) is 3. The van der Waals surface area contributed by atoms with Gasteiger partial charge in [-0.2, -0.15) is 0 Å². The summed E-state index contributed by atoms with van der Waals surface area (Å²) < 4.78 is 0. The highest BCUT2D eigenvalue weighted by Gasteiger charge is 2.43. The van der Waals surface area contributed by atoms with Gasteiger partial charge in [-0.05, 0) is 51.3 Å². The van der Waals surface area contributed by atoms with Gasteiger partial charge in [0.25, 0.3) is 0 Å². The van der Waals surface area contributed by atoms with Crippen molar-refractivity contribution < 1.29 is 4.79 Å². The topological polar surface area (TPSA) is 26.8 Å². The van der Waals surface area contributed by atoms with E-state index in [-0.39, 0.29) is 17.5 Å². The van der Waals surface area contributed by atoms with Gasteiger partial charge in [-0.1, -0.05) is 24.3 Å². The fourth-order valence-electron chi connectivity index (χ4n) is 4.22. The molecule has 0 saturated carbocycles. The van der Waals surface area contributed by atoms with Gasteiger partial charge < -0.3 is 4.90 Å². The van der Waals surface area contributed by atoms with Crippen molar-refractivity contribution >= 4 is 5.91 Å². The number of likely N-dealkylation sites (N-methyl/N-ethyl adjacent to an activating group) is 2. The third-order valence-electron chi connectivity index (χ3n) is 6.18. The molecule has 0 N–H and O–H groups in total. The summed E-state index contributed by atoms with van der Waals surface area (Å²) in [7, 11) is 4.17. The molecule has 0 unspecified atom stereocenters. The predicted molar refractivity (Wildman–Crippen MR) is 98.0 cm³/mol. The SMILES string of the molecule is CC(C)N(C)C(=O)CN1CCC2(CC1)c1ccccc1CCN2C. The maximum absolute atomic E-state index is 12.4. The monoisotopic (exact) mass is 329 g/mol. The fourth-order valence-corrected chi connectivity index (χ4v) is 4.22. The minimum atomic E-state index is 0.165. The van der Waals surface area contributed by atoms with E-state index in [9.17, 15) is 4.79 Å². The van der Waals surface area contributed by atoms with E-state index in [0.717, 1.165) is 38.9 Å². The molecule has 0 radical (unpaired) electrons. The van der Waals surface area contributed by atoms with E-state index < -0.39 is 0 Å². The van der Waals surface area contributed by atoms with E-state index >= 15 is 0 Å². The highest BCUT2D eigenvalue weighted by molar-refractivity contribution is 5.78. The summed E-state index contributed by atoms with van der Waals surface area (Å²) in [6.45, 7) is 7.81.